The number of hydrogen-bond donors (Lipinski definition) is 2. The Labute approximate surface area is 433 Å². The minimum absolute atomic E-state index is 0. The number of rotatable bonds is 26. The number of carbonyl (C=O) groups excluding carboxylic acids is 6. The van der Waals surface area contributed by atoms with Gasteiger partial charge in [-0.05, 0) is 120 Å². The van der Waals surface area contributed by atoms with Crippen LogP contribution in [0.4, 0.5) is 0 Å². The van der Waals surface area contributed by atoms with E-state index in [0.717, 1.165) is 40.8 Å². The fourth-order valence-electron chi connectivity index (χ4n) is 4.61. The van der Waals surface area contributed by atoms with Crippen molar-refractivity contribution in [2.24, 2.45) is 11.3 Å². The highest BCUT2D eigenvalue weighted by Crippen LogP contribution is 2.38. The van der Waals surface area contributed by atoms with E-state index in [-0.39, 0.29) is 68.0 Å². The number of thiocarbonyl (C=S) groups is 2. The van der Waals surface area contributed by atoms with Gasteiger partial charge in [0.25, 0.3) is 0 Å². The van der Waals surface area contributed by atoms with E-state index in [0.29, 0.717) is 22.3 Å². The molecule has 0 aromatic carbocycles. The van der Waals surface area contributed by atoms with Crippen LogP contribution in [0.1, 0.15) is 115 Å². The SMILES string of the molecule is C.C=C(C)C(=O)OCCN(C)C.C=CC(=O)NC(C)C.CCCCSC(=S)SC(C)C(=O)OC.CCCCSC(=S)SC(CC(C)(CC(C)C(=O)OC)C(=O)OCCN(C)C)C(=O)NC(C)C. The molecule has 14 nitrogen and oxygen atoms in total. The lowest BCUT2D eigenvalue weighted by Gasteiger charge is -2.32. The molecule has 0 rings (SSSR count). The van der Waals surface area contributed by atoms with Crippen molar-refractivity contribution in [2.75, 3.05) is 80.2 Å². The Kier molecular flexibility index (Phi) is 49.5. The molecular weight excluding hydrogens is 973 g/mol. The van der Waals surface area contributed by atoms with Gasteiger partial charge in [0.1, 0.15) is 25.5 Å². The van der Waals surface area contributed by atoms with E-state index in [9.17, 15) is 28.8 Å². The lowest BCUT2D eigenvalue weighted by Crippen LogP contribution is -2.43. The summed E-state index contributed by atoms with van der Waals surface area (Å²) < 4.78 is 21.4. The first-order valence-corrected chi connectivity index (χ1v) is 26.6. The van der Waals surface area contributed by atoms with Crippen LogP contribution in [0, 0.1) is 11.3 Å². The monoisotopic (exact) mass is 1060 g/mol. The smallest absolute Gasteiger partial charge is 0.333 e. The van der Waals surface area contributed by atoms with Gasteiger partial charge < -0.3 is 39.4 Å². The topological polar surface area (TPSA) is 170 Å². The van der Waals surface area contributed by atoms with Gasteiger partial charge in [-0.2, -0.15) is 0 Å². The fourth-order valence-corrected chi connectivity index (χ4v) is 10.3. The minimum atomic E-state index is -1.06. The van der Waals surface area contributed by atoms with Crippen molar-refractivity contribution in [2.45, 2.75) is 138 Å². The van der Waals surface area contributed by atoms with Crippen LogP contribution in [0.3, 0.4) is 0 Å². The summed E-state index contributed by atoms with van der Waals surface area (Å²) in [5.74, 6) is -0.227. The average Bonchev–Trinajstić information content (AvgIpc) is 3.22. The molecule has 0 radical (unpaired) electrons. The molecule has 0 fully saturated rings. The summed E-state index contributed by atoms with van der Waals surface area (Å²) in [4.78, 5) is 74.5. The Hall–Kier alpha value is -2.20. The first kappa shape index (κ1) is 73.8. The Morgan fingerprint density at radius 3 is 1.55 bits per heavy atom. The van der Waals surface area contributed by atoms with E-state index < -0.39 is 28.5 Å². The molecule has 4 unspecified atom stereocenters. The van der Waals surface area contributed by atoms with Crippen LogP contribution in [-0.4, -0.2) is 155 Å². The molecular formula is C47H88N4O10S6. The maximum Gasteiger partial charge on any atom is 0.333 e. The molecule has 0 heterocycles. The maximum atomic E-state index is 13.2. The van der Waals surface area contributed by atoms with E-state index in [1.165, 1.54) is 50.2 Å². The Morgan fingerprint density at radius 1 is 0.731 bits per heavy atom. The van der Waals surface area contributed by atoms with Gasteiger partial charge in [-0.3, -0.25) is 24.0 Å². The van der Waals surface area contributed by atoms with Gasteiger partial charge in [-0.1, -0.05) is 102 Å². The predicted octanol–water partition coefficient (Wildman–Crippen LogP) is 9.23. The van der Waals surface area contributed by atoms with Crippen LogP contribution in [-0.2, 0) is 47.7 Å². The molecule has 0 saturated heterocycles. The van der Waals surface area contributed by atoms with E-state index in [2.05, 4.69) is 42.4 Å². The average molecular weight is 1060 g/mol. The number of hydrogen-bond acceptors (Lipinski definition) is 18. The quantitative estimate of drug-likeness (QED) is 0.0276. The first-order valence-electron chi connectivity index (χ1n) is 22.0. The Morgan fingerprint density at radius 2 is 1.18 bits per heavy atom. The first-order chi connectivity index (χ1) is 30.7. The van der Waals surface area contributed by atoms with Gasteiger partial charge >= 0.3 is 23.9 Å². The van der Waals surface area contributed by atoms with E-state index in [1.807, 2.05) is 72.6 Å². The molecule has 0 aliphatic heterocycles. The van der Waals surface area contributed by atoms with Crippen molar-refractivity contribution in [1.82, 2.24) is 20.4 Å². The number of carbonyl (C=O) groups is 6. The zero-order valence-corrected chi connectivity index (χ0v) is 47.7. The van der Waals surface area contributed by atoms with Gasteiger partial charge in [-0.15, -0.1) is 23.5 Å². The van der Waals surface area contributed by atoms with Crippen LogP contribution in [0.5, 0.6) is 0 Å². The van der Waals surface area contributed by atoms with Crippen LogP contribution < -0.4 is 10.6 Å². The summed E-state index contributed by atoms with van der Waals surface area (Å²) in [7, 11) is 10.4. The van der Waals surface area contributed by atoms with Crippen molar-refractivity contribution < 1.29 is 47.7 Å². The number of ether oxygens (including phenoxy) is 4. The summed E-state index contributed by atoms with van der Waals surface area (Å²) >= 11 is 16.6. The largest absolute Gasteiger partial charge is 0.469 e. The third-order valence-corrected chi connectivity index (χ3v) is 13.8. The predicted molar refractivity (Wildman–Crippen MR) is 296 cm³/mol. The number of esters is 4. The highest BCUT2D eigenvalue weighted by atomic mass is 32.2. The van der Waals surface area contributed by atoms with Crippen molar-refractivity contribution in [3.05, 3.63) is 24.8 Å². The summed E-state index contributed by atoms with van der Waals surface area (Å²) in [6.45, 7) is 27.5. The Bertz CT molecular complexity index is 1470. The normalized spacial score (nSPS) is 12.6. The number of nitrogens with zero attached hydrogens (tertiary/aromatic N) is 2. The molecule has 0 saturated carbocycles. The number of thioether (sulfide) groups is 4. The number of unbranched alkanes of at least 4 members (excludes halogenated alkanes) is 2. The summed E-state index contributed by atoms with van der Waals surface area (Å²) in [5.41, 5.74) is -0.612. The summed E-state index contributed by atoms with van der Waals surface area (Å²) in [6, 6.07) is 0.162. The second-order valence-electron chi connectivity index (χ2n) is 16.4. The van der Waals surface area contributed by atoms with Crippen molar-refractivity contribution >= 4 is 114 Å². The van der Waals surface area contributed by atoms with Gasteiger partial charge in [0.15, 0.2) is 0 Å². The number of methoxy groups -OCH3 is 2. The zero-order chi connectivity index (χ0) is 52.0. The van der Waals surface area contributed by atoms with E-state index in [1.54, 1.807) is 44.3 Å². The maximum absolute atomic E-state index is 13.2. The zero-order valence-electron chi connectivity index (χ0n) is 42.8. The molecule has 67 heavy (non-hydrogen) atoms. The molecule has 0 aromatic rings. The number of nitrogens with one attached hydrogen (secondary N) is 2. The number of likely N-dealkylation sites (N-methyl/N-ethyl adjacent to an activating group) is 2. The standard InChI is InChI=1S/C23H42N2O5S3.C9H16O2S3.C8H15NO2.C6H11NO.CH4/c1-9-10-13-32-22(31)33-18(19(26)24-16(2)3)15-23(5,14-17(4)20(27)29-8)21(28)30-12-11-25(6)7;1-4-5-6-13-9(12)14-7(2)8(10)11-3;1-7(2)8(10)11-6-5-9(3)4;1-4-6(8)7-5(2)3;/h16-18H,9-15H2,1-8H3,(H,24,26);7H,4-6H2,1-3H3;1,5-6H2,2-4H3;4-5H,1H2,2-3H3,(H,7,8);1H4. The van der Waals surface area contributed by atoms with Crippen molar-refractivity contribution in [3.63, 3.8) is 0 Å². The molecule has 2 amide bonds. The van der Waals surface area contributed by atoms with Gasteiger partial charge in [0.05, 0.1) is 30.8 Å². The van der Waals surface area contributed by atoms with Crippen LogP contribution in [0.15, 0.2) is 24.8 Å². The molecule has 20 heteroatoms. The molecule has 0 bridgehead atoms. The summed E-state index contributed by atoms with van der Waals surface area (Å²) in [6.07, 6.45) is 6.13. The Balaban J connectivity index is -0.000000307. The molecule has 0 spiro atoms. The molecule has 0 aromatic heterocycles. The van der Waals surface area contributed by atoms with Crippen molar-refractivity contribution in [1.29, 1.82) is 0 Å². The second-order valence-corrected chi connectivity index (χ2v) is 23.5. The third-order valence-electron chi connectivity index (χ3n) is 8.20. The van der Waals surface area contributed by atoms with Crippen LogP contribution >= 0.6 is 71.5 Å². The fraction of sp³-hybridized carbons (Fsp3) is 0.745. The van der Waals surface area contributed by atoms with Crippen molar-refractivity contribution in [3.8, 4) is 0 Å². The second kappa shape index (κ2) is 45.0. The number of amides is 2. The van der Waals surface area contributed by atoms with Crippen LogP contribution in [0.25, 0.3) is 0 Å². The third kappa shape index (κ3) is 44.7. The van der Waals surface area contributed by atoms with Gasteiger partial charge in [0.2, 0.25) is 11.8 Å². The van der Waals surface area contributed by atoms with Crippen LogP contribution in [0.2, 0.25) is 0 Å². The van der Waals surface area contributed by atoms with Gasteiger partial charge in [0, 0.05) is 30.7 Å². The molecule has 392 valence electrons. The minimum Gasteiger partial charge on any atom is -0.469 e. The molecule has 0 aliphatic carbocycles. The highest BCUT2D eigenvalue weighted by Gasteiger charge is 2.42. The molecule has 4 atom stereocenters. The summed E-state index contributed by atoms with van der Waals surface area (Å²) in [5, 5.41) is 4.81. The molecule has 0 aliphatic rings. The van der Waals surface area contributed by atoms with E-state index >= 15 is 0 Å². The highest BCUT2D eigenvalue weighted by molar-refractivity contribution is 8.48. The van der Waals surface area contributed by atoms with Gasteiger partial charge in [-0.25, -0.2) is 4.79 Å². The molecule has 2 N–H and O–H groups in total. The lowest BCUT2D eigenvalue weighted by atomic mass is 9.77. The lowest BCUT2D eigenvalue weighted by molar-refractivity contribution is -0.158. The van der Waals surface area contributed by atoms with E-state index in [4.69, 9.17) is 38.6 Å².